The van der Waals surface area contributed by atoms with E-state index in [9.17, 15) is 4.79 Å². The van der Waals surface area contributed by atoms with Gasteiger partial charge < -0.3 is 10.1 Å². The second kappa shape index (κ2) is 8.65. The van der Waals surface area contributed by atoms with Crippen LogP contribution in [0.1, 0.15) is 30.5 Å². The number of benzene rings is 2. The van der Waals surface area contributed by atoms with Crippen LogP contribution in [-0.2, 0) is 11.2 Å². The van der Waals surface area contributed by atoms with Crippen LogP contribution in [0.2, 0.25) is 0 Å². The maximum atomic E-state index is 10.8. The average molecular weight is 307 g/mol. The molecular weight excluding hydrogens is 286 g/mol. The summed E-state index contributed by atoms with van der Waals surface area (Å²) in [6.45, 7) is 4.82. The fourth-order valence-electron chi connectivity index (χ4n) is 2.08. The maximum Gasteiger partial charge on any atom is 0.216 e. The van der Waals surface area contributed by atoms with Crippen molar-refractivity contribution in [3.8, 4) is 17.6 Å². The van der Waals surface area contributed by atoms with Crippen LogP contribution >= 0.6 is 0 Å². The molecule has 0 fully saturated rings. The van der Waals surface area contributed by atoms with Gasteiger partial charge in [0.1, 0.15) is 5.75 Å². The van der Waals surface area contributed by atoms with E-state index in [1.54, 1.807) is 0 Å². The molecular formula is C20H21NO2. The Kier molecular flexibility index (Phi) is 6.26. The lowest BCUT2D eigenvalue weighted by Crippen LogP contribution is -2.22. The van der Waals surface area contributed by atoms with Gasteiger partial charge in [0.15, 0.2) is 0 Å². The Morgan fingerprint density at radius 1 is 1.00 bits per heavy atom. The topological polar surface area (TPSA) is 38.3 Å². The van der Waals surface area contributed by atoms with Gasteiger partial charge in [-0.25, -0.2) is 0 Å². The van der Waals surface area contributed by atoms with Gasteiger partial charge in [-0.15, -0.1) is 0 Å². The van der Waals surface area contributed by atoms with Gasteiger partial charge in [0.25, 0.3) is 0 Å². The molecule has 0 spiro atoms. The molecule has 2 aromatic carbocycles. The molecule has 1 N–H and O–H groups in total. The third-order valence-corrected chi connectivity index (χ3v) is 3.26. The van der Waals surface area contributed by atoms with Crippen LogP contribution in [0.15, 0.2) is 48.5 Å². The van der Waals surface area contributed by atoms with E-state index >= 15 is 0 Å². The van der Waals surface area contributed by atoms with Crippen LogP contribution in [0.3, 0.4) is 0 Å². The first-order valence-electron chi connectivity index (χ1n) is 7.75. The van der Waals surface area contributed by atoms with Crippen LogP contribution < -0.4 is 10.1 Å². The second-order valence-electron chi connectivity index (χ2n) is 5.14. The van der Waals surface area contributed by atoms with Gasteiger partial charge in [-0.2, -0.15) is 0 Å². The van der Waals surface area contributed by atoms with Crippen LogP contribution in [0.5, 0.6) is 5.75 Å². The normalized spacial score (nSPS) is 9.65. The third kappa shape index (κ3) is 5.88. The molecule has 118 valence electrons. The van der Waals surface area contributed by atoms with Crippen molar-refractivity contribution in [1.82, 2.24) is 5.32 Å². The zero-order valence-electron chi connectivity index (χ0n) is 13.6. The van der Waals surface area contributed by atoms with E-state index < -0.39 is 0 Å². The molecule has 0 atom stereocenters. The molecule has 0 heterocycles. The Bertz CT molecular complexity index is 691. The standard InChI is InChI=1S/C20H21NO2/c1-3-23-20-12-10-18(11-13-20)5-4-17-6-8-19(9-7-17)14-15-21-16(2)22/h6-13H,3,14-15H2,1-2H3,(H,21,22). The largest absolute Gasteiger partial charge is 0.494 e. The number of ether oxygens (including phenoxy) is 1. The molecule has 0 radical (unpaired) electrons. The number of hydrogen-bond acceptors (Lipinski definition) is 2. The van der Waals surface area contributed by atoms with Gasteiger partial charge in [0, 0.05) is 24.6 Å². The van der Waals surface area contributed by atoms with Crippen molar-refractivity contribution in [1.29, 1.82) is 0 Å². The predicted molar refractivity (Wildman–Crippen MR) is 92.4 cm³/mol. The molecule has 0 aromatic heterocycles. The molecule has 3 nitrogen and oxygen atoms in total. The van der Waals surface area contributed by atoms with E-state index in [0.717, 1.165) is 23.3 Å². The number of nitrogens with one attached hydrogen (secondary N) is 1. The Hall–Kier alpha value is -2.73. The molecule has 0 bridgehead atoms. The van der Waals surface area contributed by atoms with Crippen molar-refractivity contribution in [3.63, 3.8) is 0 Å². The summed E-state index contributed by atoms with van der Waals surface area (Å²) in [5, 5.41) is 2.79. The summed E-state index contributed by atoms with van der Waals surface area (Å²) in [4.78, 5) is 10.8. The van der Waals surface area contributed by atoms with Crippen molar-refractivity contribution in [2.24, 2.45) is 0 Å². The minimum Gasteiger partial charge on any atom is -0.494 e. The molecule has 2 aromatic rings. The zero-order valence-corrected chi connectivity index (χ0v) is 13.6. The first-order chi connectivity index (χ1) is 11.2. The minimum atomic E-state index is 0.00263. The Morgan fingerprint density at radius 2 is 1.57 bits per heavy atom. The summed E-state index contributed by atoms with van der Waals surface area (Å²) in [5.74, 6) is 7.16. The van der Waals surface area contributed by atoms with E-state index in [2.05, 4.69) is 17.2 Å². The highest BCUT2D eigenvalue weighted by molar-refractivity contribution is 5.72. The summed E-state index contributed by atoms with van der Waals surface area (Å²) in [6.07, 6.45) is 0.826. The third-order valence-electron chi connectivity index (χ3n) is 3.26. The van der Waals surface area contributed by atoms with Gasteiger partial charge in [-0.1, -0.05) is 24.0 Å². The van der Waals surface area contributed by atoms with E-state index in [0.29, 0.717) is 13.2 Å². The number of rotatable bonds is 5. The van der Waals surface area contributed by atoms with Crippen molar-refractivity contribution in [2.75, 3.05) is 13.2 Å². The van der Waals surface area contributed by atoms with Crippen molar-refractivity contribution in [3.05, 3.63) is 65.2 Å². The minimum absolute atomic E-state index is 0.00263. The maximum absolute atomic E-state index is 10.8. The molecule has 1 amide bonds. The van der Waals surface area contributed by atoms with Crippen LogP contribution in [0, 0.1) is 11.8 Å². The summed E-state index contributed by atoms with van der Waals surface area (Å²) in [5.41, 5.74) is 3.12. The molecule has 0 unspecified atom stereocenters. The van der Waals surface area contributed by atoms with Gasteiger partial charge in [0.2, 0.25) is 5.91 Å². The van der Waals surface area contributed by atoms with Gasteiger partial charge >= 0.3 is 0 Å². The Morgan fingerprint density at radius 3 is 2.09 bits per heavy atom. The lowest BCUT2D eigenvalue weighted by Gasteiger charge is -2.02. The highest BCUT2D eigenvalue weighted by Crippen LogP contribution is 2.11. The molecule has 3 heteroatoms. The van der Waals surface area contributed by atoms with Crippen LogP contribution in [-0.4, -0.2) is 19.1 Å². The monoisotopic (exact) mass is 307 g/mol. The smallest absolute Gasteiger partial charge is 0.216 e. The van der Waals surface area contributed by atoms with Gasteiger partial charge in [-0.3, -0.25) is 4.79 Å². The predicted octanol–water partition coefficient (Wildman–Crippen LogP) is 3.16. The van der Waals surface area contributed by atoms with E-state index in [1.807, 2.05) is 55.5 Å². The average Bonchev–Trinajstić information content (AvgIpc) is 2.55. The summed E-state index contributed by atoms with van der Waals surface area (Å²) >= 11 is 0. The van der Waals surface area contributed by atoms with Gasteiger partial charge in [-0.05, 0) is 55.3 Å². The fourth-order valence-corrected chi connectivity index (χ4v) is 2.08. The number of carbonyl (C=O) groups is 1. The fraction of sp³-hybridized carbons (Fsp3) is 0.250. The molecule has 0 aliphatic heterocycles. The summed E-state index contributed by atoms with van der Waals surface area (Å²) < 4.78 is 5.41. The van der Waals surface area contributed by atoms with Crippen LogP contribution in [0.4, 0.5) is 0 Å². The van der Waals surface area contributed by atoms with E-state index in [4.69, 9.17) is 4.74 Å². The Labute approximate surface area is 137 Å². The molecule has 0 aliphatic carbocycles. The lowest BCUT2D eigenvalue weighted by molar-refractivity contribution is -0.118. The Balaban J connectivity index is 1.94. The second-order valence-corrected chi connectivity index (χ2v) is 5.14. The highest BCUT2D eigenvalue weighted by Gasteiger charge is 1.95. The summed E-state index contributed by atoms with van der Waals surface area (Å²) in [7, 11) is 0. The molecule has 0 saturated carbocycles. The molecule has 0 saturated heterocycles. The number of carbonyl (C=O) groups excluding carboxylic acids is 1. The number of hydrogen-bond donors (Lipinski definition) is 1. The quantitative estimate of drug-likeness (QED) is 0.862. The van der Waals surface area contributed by atoms with Crippen molar-refractivity contribution >= 4 is 5.91 Å². The van der Waals surface area contributed by atoms with E-state index in [1.165, 1.54) is 12.5 Å². The molecule has 2 rings (SSSR count). The molecule has 23 heavy (non-hydrogen) atoms. The number of amides is 1. The summed E-state index contributed by atoms with van der Waals surface area (Å²) in [6, 6.07) is 15.9. The van der Waals surface area contributed by atoms with E-state index in [-0.39, 0.29) is 5.91 Å². The molecule has 0 aliphatic rings. The first-order valence-corrected chi connectivity index (χ1v) is 7.75. The SMILES string of the molecule is CCOc1ccc(C#Cc2ccc(CCNC(C)=O)cc2)cc1. The first kappa shape index (κ1) is 16.6. The lowest BCUT2D eigenvalue weighted by atomic mass is 10.1. The highest BCUT2D eigenvalue weighted by atomic mass is 16.5. The van der Waals surface area contributed by atoms with Crippen LogP contribution in [0.25, 0.3) is 0 Å². The van der Waals surface area contributed by atoms with Gasteiger partial charge in [0.05, 0.1) is 6.61 Å². The zero-order chi connectivity index (χ0) is 16.5. The van der Waals surface area contributed by atoms with Crippen molar-refractivity contribution < 1.29 is 9.53 Å². The van der Waals surface area contributed by atoms with Crippen molar-refractivity contribution in [2.45, 2.75) is 20.3 Å².